The first kappa shape index (κ1) is 21.5. The number of anilines is 1. The molecule has 1 fully saturated rings. The molecule has 1 aromatic heterocycles. The predicted octanol–water partition coefficient (Wildman–Crippen LogP) is 3.74. The standard InChI is InChI=1S/C23H21N3O5S/c1-14-20(22(28)26(24(14)2)16-8-6-5-7-9-16)25-21(27)19(32-23(25)29)13-15-10-11-17(30-3)18(12-15)31-4/h5-13H,1-4H3/b19-13-. The van der Waals surface area contributed by atoms with Crippen LogP contribution in [0.15, 0.2) is 58.2 Å². The number of hydrogen-bond acceptors (Lipinski definition) is 6. The Morgan fingerprint density at radius 1 is 0.938 bits per heavy atom. The molecule has 9 heteroatoms. The SMILES string of the molecule is COc1ccc(/C=C2\SC(=O)N(c3c(C)n(C)n(-c4ccccc4)c3=O)C2=O)cc1OC. The molecule has 2 heterocycles. The number of thioether (sulfide) groups is 1. The van der Waals surface area contributed by atoms with E-state index in [2.05, 4.69) is 0 Å². The lowest BCUT2D eigenvalue weighted by Crippen LogP contribution is -2.33. The molecule has 0 N–H and O–H groups in total. The average Bonchev–Trinajstić information content (AvgIpc) is 3.19. The number of aromatic nitrogens is 2. The van der Waals surface area contributed by atoms with Crippen molar-refractivity contribution in [3.05, 3.63) is 75.0 Å². The Bertz CT molecular complexity index is 1310. The van der Waals surface area contributed by atoms with Crippen LogP contribution in [0, 0.1) is 6.92 Å². The number of para-hydroxylation sites is 1. The van der Waals surface area contributed by atoms with E-state index in [4.69, 9.17) is 9.47 Å². The second-order valence-electron chi connectivity index (χ2n) is 7.04. The highest BCUT2D eigenvalue weighted by molar-refractivity contribution is 8.19. The summed E-state index contributed by atoms with van der Waals surface area (Å²) >= 11 is 0.792. The first-order valence-electron chi connectivity index (χ1n) is 9.71. The molecule has 8 nitrogen and oxygen atoms in total. The Morgan fingerprint density at radius 3 is 2.28 bits per heavy atom. The van der Waals surface area contributed by atoms with Crippen LogP contribution in [0.3, 0.4) is 0 Å². The van der Waals surface area contributed by atoms with Crippen LogP contribution in [0.1, 0.15) is 11.3 Å². The Hall–Kier alpha value is -3.72. The van der Waals surface area contributed by atoms with E-state index >= 15 is 0 Å². The molecular weight excluding hydrogens is 430 g/mol. The van der Waals surface area contributed by atoms with E-state index < -0.39 is 16.7 Å². The van der Waals surface area contributed by atoms with Crippen LogP contribution < -0.4 is 19.9 Å². The Morgan fingerprint density at radius 2 is 1.62 bits per heavy atom. The Kier molecular flexibility index (Phi) is 5.67. The van der Waals surface area contributed by atoms with Gasteiger partial charge in [0.25, 0.3) is 16.7 Å². The van der Waals surface area contributed by atoms with E-state index in [1.165, 1.54) is 18.9 Å². The molecule has 1 aliphatic heterocycles. The van der Waals surface area contributed by atoms with Gasteiger partial charge in [-0.15, -0.1) is 0 Å². The molecule has 32 heavy (non-hydrogen) atoms. The first-order valence-corrected chi connectivity index (χ1v) is 10.5. The van der Waals surface area contributed by atoms with Gasteiger partial charge in [-0.25, -0.2) is 9.58 Å². The maximum atomic E-state index is 13.2. The molecule has 0 aliphatic carbocycles. The minimum Gasteiger partial charge on any atom is -0.493 e. The normalized spacial score (nSPS) is 15.0. The number of carbonyl (C=O) groups is 2. The summed E-state index contributed by atoms with van der Waals surface area (Å²) in [5, 5.41) is -0.521. The zero-order valence-corrected chi connectivity index (χ0v) is 18.8. The number of methoxy groups -OCH3 is 2. The van der Waals surface area contributed by atoms with Crippen molar-refractivity contribution in [2.45, 2.75) is 6.92 Å². The van der Waals surface area contributed by atoms with Crippen LogP contribution in [0.5, 0.6) is 11.5 Å². The largest absolute Gasteiger partial charge is 0.493 e. The number of nitrogens with zero attached hydrogens (tertiary/aromatic N) is 3. The fourth-order valence-corrected chi connectivity index (χ4v) is 4.39. The highest BCUT2D eigenvalue weighted by atomic mass is 32.2. The molecule has 2 amide bonds. The van der Waals surface area contributed by atoms with Crippen molar-refractivity contribution in [3.63, 3.8) is 0 Å². The van der Waals surface area contributed by atoms with Gasteiger partial charge in [0.15, 0.2) is 11.5 Å². The molecule has 164 valence electrons. The summed E-state index contributed by atoms with van der Waals surface area (Å²) in [6, 6.07) is 14.2. The number of ether oxygens (including phenoxy) is 2. The van der Waals surface area contributed by atoms with Crippen LogP contribution in [0.25, 0.3) is 11.8 Å². The van der Waals surface area contributed by atoms with Crippen LogP contribution in [-0.4, -0.2) is 34.7 Å². The second-order valence-corrected chi connectivity index (χ2v) is 8.03. The van der Waals surface area contributed by atoms with Crippen molar-refractivity contribution in [2.24, 2.45) is 7.05 Å². The third-order valence-electron chi connectivity index (χ3n) is 5.25. The molecule has 1 aliphatic rings. The van der Waals surface area contributed by atoms with E-state index in [9.17, 15) is 14.4 Å². The molecule has 4 rings (SSSR count). The van der Waals surface area contributed by atoms with Gasteiger partial charge in [-0.3, -0.25) is 19.1 Å². The van der Waals surface area contributed by atoms with Crippen molar-refractivity contribution in [2.75, 3.05) is 19.1 Å². The number of imide groups is 1. The Labute approximate surface area is 188 Å². The zero-order valence-electron chi connectivity index (χ0n) is 18.0. The lowest BCUT2D eigenvalue weighted by molar-refractivity contribution is -0.113. The van der Waals surface area contributed by atoms with Gasteiger partial charge >= 0.3 is 0 Å². The van der Waals surface area contributed by atoms with Crippen molar-refractivity contribution >= 4 is 34.7 Å². The average molecular weight is 452 g/mol. The van der Waals surface area contributed by atoms with Gasteiger partial charge in [0, 0.05) is 7.05 Å². The number of amides is 2. The Balaban J connectivity index is 1.75. The van der Waals surface area contributed by atoms with E-state index in [1.807, 2.05) is 18.2 Å². The van der Waals surface area contributed by atoms with Crippen molar-refractivity contribution in [1.29, 1.82) is 0 Å². The number of carbonyl (C=O) groups excluding carboxylic acids is 2. The minimum absolute atomic E-state index is 0.0505. The van der Waals surface area contributed by atoms with E-state index in [1.54, 1.807) is 55.1 Å². The van der Waals surface area contributed by atoms with Crippen LogP contribution >= 0.6 is 11.8 Å². The van der Waals surface area contributed by atoms with Gasteiger partial charge in [-0.2, -0.15) is 0 Å². The summed E-state index contributed by atoms with van der Waals surface area (Å²) < 4.78 is 13.6. The van der Waals surface area contributed by atoms with Gasteiger partial charge in [0.05, 0.1) is 30.5 Å². The van der Waals surface area contributed by atoms with Gasteiger partial charge in [-0.1, -0.05) is 24.3 Å². The summed E-state index contributed by atoms with van der Waals surface area (Å²) in [6.07, 6.45) is 1.60. The van der Waals surface area contributed by atoms with E-state index in [-0.39, 0.29) is 10.6 Å². The van der Waals surface area contributed by atoms with Gasteiger partial charge in [0.1, 0.15) is 5.69 Å². The monoisotopic (exact) mass is 451 g/mol. The van der Waals surface area contributed by atoms with Crippen molar-refractivity contribution < 1.29 is 19.1 Å². The third-order valence-corrected chi connectivity index (χ3v) is 6.12. The smallest absolute Gasteiger partial charge is 0.298 e. The molecular formula is C23H21N3O5S. The number of benzene rings is 2. The van der Waals surface area contributed by atoms with E-state index in [0.29, 0.717) is 28.4 Å². The first-order chi connectivity index (χ1) is 15.4. The number of hydrogen-bond donors (Lipinski definition) is 0. The zero-order chi connectivity index (χ0) is 23.0. The van der Waals surface area contributed by atoms with Crippen LogP contribution in [-0.2, 0) is 11.8 Å². The fraction of sp³-hybridized carbons (Fsp3) is 0.174. The number of rotatable bonds is 5. The van der Waals surface area contributed by atoms with E-state index in [0.717, 1.165) is 16.7 Å². The summed E-state index contributed by atoms with van der Waals surface area (Å²) in [7, 11) is 4.77. The lowest BCUT2D eigenvalue weighted by Gasteiger charge is -2.10. The second kappa shape index (κ2) is 8.43. The molecule has 0 unspecified atom stereocenters. The summed E-state index contributed by atoms with van der Waals surface area (Å²) in [5.74, 6) is 0.519. The molecule has 3 aromatic rings. The third kappa shape index (κ3) is 3.50. The maximum Gasteiger partial charge on any atom is 0.298 e. The quantitative estimate of drug-likeness (QED) is 0.550. The lowest BCUT2D eigenvalue weighted by atomic mass is 10.2. The topological polar surface area (TPSA) is 82.8 Å². The highest BCUT2D eigenvalue weighted by Gasteiger charge is 2.40. The molecule has 0 spiro atoms. The van der Waals surface area contributed by atoms with Crippen LogP contribution in [0.2, 0.25) is 0 Å². The molecule has 0 radical (unpaired) electrons. The van der Waals surface area contributed by atoms with Crippen molar-refractivity contribution in [1.82, 2.24) is 9.36 Å². The minimum atomic E-state index is -0.541. The highest BCUT2D eigenvalue weighted by Crippen LogP contribution is 2.37. The van der Waals surface area contributed by atoms with Gasteiger partial charge < -0.3 is 9.47 Å². The fourth-order valence-electron chi connectivity index (χ4n) is 3.57. The molecule has 0 atom stereocenters. The van der Waals surface area contributed by atoms with Gasteiger partial charge in [-0.05, 0) is 54.6 Å². The summed E-state index contributed by atoms with van der Waals surface area (Å²) in [5.41, 5.74) is 1.43. The summed E-state index contributed by atoms with van der Waals surface area (Å²) in [4.78, 5) is 40.4. The van der Waals surface area contributed by atoms with Crippen molar-refractivity contribution in [3.8, 4) is 17.2 Å². The van der Waals surface area contributed by atoms with Crippen LogP contribution in [0.4, 0.5) is 10.5 Å². The molecule has 1 saturated heterocycles. The maximum absolute atomic E-state index is 13.2. The summed E-state index contributed by atoms with van der Waals surface area (Å²) in [6.45, 7) is 1.71. The molecule has 0 saturated carbocycles. The van der Waals surface area contributed by atoms with Gasteiger partial charge in [0.2, 0.25) is 0 Å². The molecule has 2 aromatic carbocycles. The predicted molar refractivity (Wildman–Crippen MR) is 124 cm³/mol. The molecule has 0 bridgehead atoms.